The van der Waals surface area contributed by atoms with Gasteiger partial charge in [-0.3, -0.25) is 9.59 Å². The van der Waals surface area contributed by atoms with Gasteiger partial charge in [-0.15, -0.1) is 0 Å². The number of rotatable bonds is 5. The van der Waals surface area contributed by atoms with Gasteiger partial charge in [0.05, 0.1) is 0 Å². The number of nitrogens with zero attached hydrogens (tertiary/aromatic N) is 3. The van der Waals surface area contributed by atoms with Crippen LogP contribution in [0.3, 0.4) is 0 Å². The van der Waals surface area contributed by atoms with Crippen LogP contribution in [0.1, 0.15) is 30.1 Å². The van der Waals surface area contributed by atoms with Crippen LogP contribution in [0.4, 0.5) is 0 Å². The van der Waals surface area contributed by atoms with Gasteiger partial charge in [0.15, 0.2) is 6.29 Å². The molecule has 0 aromatic carbocycles. The Morgan fingerprint density at radius 2 is 2.35 bits per heavy atom. The smallest absolute Gasteiger partial charge is 0.242 e. The van der Waals surface area contributed by atoms with Crippen LogP contribution in [-0.2, 0) is 11.3 Å². The van der Waals surface area contributed by atoms with Crippen LogP contribution < -0.4 is 0 Å². The lowest BCUT2D eigenvalue weighted by molar-refractivity contribution is -0.132. The molecule has 0 atom stereocenters. The number of fused-ring (bicyclic) bond motifs is 1. The van der Waals surface area contributed by atoms with Gasteiger partial charge in [0.2, 0.25) is 5.91 Å². The van der Waals surface area contributed by atoms with E-state index in [1.165, 1.54) is 0 Å². The van der Waals surface area contributed by atoms with Crippen LogP contribution in [0.5, 0.6) is 0 Å². The van der Waals surface area contributed by atoms with Gasteiger partial charge < -0.3 is 9.47 Å². The first kappa shape index (κ1) is 12.8. The van der Waals surface area contributed by atoms with Crippen molar-refractivity contribution >= 4 is 23.2 Å². The second-order valence-electron chi connectivity index (χ2n) is 5.12. The largest absolute Gasteiger partial charge is 0.338 e. The van der Waals surface area contributed by atoms with E-state index in [0.717, 1.165) is 31.1 Å². The monoisotopic (exact) mass is 271 g/mol. The number of carbonyl (C=O) groups excluding carboxylic acids is 2. The Morgan fingerprint density at radius 3 is 3.00 bits per heavy atom. The van der Waals surface area contributed by atoms with Crippen LogP contribution in [0.25, 0.3) is 11.0 Å². The minimum absolute atomic E-state index is 0.0926. The second kappa shape index (κ2) is 5.07. The van der Waals surface area contributed by atoms with Gasteiger partial charge in [0.1, 0.15) is 12.2 Å². The molecule has 0 bridgehead atoms. The first-order chi connectivity index (χ1) is 9.74. The van der Waals surface area contributed by atoms with E-state index in [4.69, 9.17) is 0 Å². The summed E-state index contributed by atoms with van der Waals surface area (Å²) in [5.41, 5.74) is 1.27. The van der Waals surface area contributed by atoms with E-state index in [-0.39, 0.29) is 12.5 Å². The third kappa shape index (κ3) is 2.19. The minimum atomic E-state index is 0.0926. The van der Waals surface area contributed by atoms with Gasteiger partial charge in [-0.05, 0) is 31.9 Å². The molecule has 0 unspecified atom stereocenters. The number of likely N-dealkylation sites (N-methyl/N-ethyl adjacent to an activating group) is 1. The number of carbonyl (C=O) groups is 2. The summed E-state index contributed by atoms with van der Waals surface area (Å²) in [7, 11) is 0. The maximum absolute atomic E-state index is 12.4. The van der Waals surface area contributed by atoms with E-state index in [2.05, 4.69) is 4.98 Å². The number of hydrogen-bond donors (Lipinski definition) is 0. The first-order valence-electron chi connectivity index (χ1n) is 6.93. The zero-order valence-corrected chi connectivity index (χ0v) is 11.5. The molecule has 2 heterocycles. The number of aldehydes is 1. The van der Waals surface area contributed by atoms with Crippen molar-refractivity contribution in [1.82, 2.24) is 14.5 Å². The highest BCUT2D eigenvalue weighted by Gasteiger charge is 2.31. The predicted molar refractivity (Wildman–Crippen MR) is 75.5 cm³/mol. The Hall–Kier alpha value is -2.17. The molecule has 0 aliphatic heterocycles. The molecule has 5 heteroatoms. The van der Waals surface area contributed by atoms with Crippen LogP contribution in [-0.4, -0.2) is 39.2 Å². The molecule has 1 fully saturated rings. The van der Waals surface area contributed by atoms with Crippen molar-refractivity contribution < 1.29 is 9.59 Å². The van der Waals surface area contributed by atoms with Crippen molar-refractivity contribution in [2.75, 3.05) is 6.54 Å². The average Bonchev–Trinajstić information content (AvgIpc) is 3.23. The molecule has 1 aliphatic rings. The molecule has 0 spiro atoms. The summed E-state index contributed by atoms with van der Waals surface area (Å²) in [6.45, 7) is 2.97. The Labute approximate surface area is 117 Å². The molecule has 0 saturated heterocycles. The SMILES string of the molecule is CCN(C(=O)Cn1cc(C=O)c2cccnc21)C1CC1. The van der Waals surface area contributed by atoms with Crippen molar-refractivity contribution in [2.45, 2.75) is 32.4 Å². The quantitative estimate of drug-likeness (QED) is 0.780. The summed E-state index contributed by atoms with van der Waals surface area (Å²) in [6.07, 6.45) is 6.40. The molecular formula is C15H17N3O2. The summed E-state index contributed by atoms with van der Waals surface area (Å²) in [5, 5.41) is 0.796. The van der Waals surface area contributed by atoms with Gasteiger partial charge in [-0.1, -0.05) is 0 Å². The predicted octanol–water partition coefficient (Wildman–Crippen LogP) is 1.86. The molecule has 1 aliphatic carbocycles. The van der Waals surface area contributed by atoms with Crippen LogP contribution in [0, 0.1) is 0 Å². The van der Waals surface area contributed by atoms with Crippen molar-refractivity contribution in [3.05, 3.63) is 30.1 Å². The van der Waals surface area contributed by atoms with Crippen molar-refractivity contribution in [1.29, 1.82) is 0 Å². The lowest BCUT2D eigenvalue weighted by Crippen LogP contribution is -2.35. The summed E-state index contributed by atoms with van der Waals surface area (Å²) in [6, 6.07) is 4.06. The summed E-state index contributed by atoms with van der Waals surface area (Å²) in [4.78, 5) is 29.6. The highest BCUT2D eigenvalue weighted by molar-refractivity contribution is 5.96. The maximum Gasteiger partial charge on any atom is 0.242 e. The van der Waals surface area contributed by atoms with Crippen molar-refractivity contribution in [3.63, 3.8) is 0 Å². The number of aromatic nitrogens is 2. The first-order valence-corrected chi connectivity index (χ1v) is 6.93. The number of amides is 1. The summed E-state index contributed by atoms with van der Waals surface area (Å²) in [5.74, 6) is 0.0926. The van der Waals surface area contributed by atoms with E-state index in [0.29, 0.717) is 17.3 Å². The fourth-order valence-electron chi connectivity index (χ4n) is 2.63. The molecular weight excluding hydrogens is 254 g/mol. The fourth-order valence-corrected chi connectivity index (χ4v) is 2.63. The van der Waals surface area contributed by atoms with Gasteiger partial charge in [-0.2, -0.15) is 0 Å². The third-order valence-electron chi connectivity index (χ3n) is 3.75. The lowest BCUT2D eigenvalue weighted by Gasteiger charge is -2.20. The Balaban J connectivity index is 1.90. The average molecular weight is 271 g/mol. The maximum atomic E-state index is 12.4. The van der Waals surface area contributed by atoms with Gasteiger partial charge in [0.25, 0.3) is 0 Å². The van der Waals surface area contributed by atoms with Gasteiger partial charge >= 0.3 is 0 Å². The molecule has 5 nitrogen and oxygen atoms in total. The molecule has 20 heavy (non-hydrogen) atoms. The summed E-state index contributed by atoms with van der Waals surface area (Å²) < 4.78 is 1.77. The van der Waals surface area contributed by atoms with Crippen molar-refractivity contribution in [3.8, 4) is 0 Å². The lowest BCUT2D eigenvalue weighted by atomic mass is 10.2. The van der Waals surface area contributed by atoms with Crippen LogP contribution in [0.2, 0.25) is 0 Å². The number of pyridine rings is 1. The van der Waals surface area contributed by atoms with E-state index >= 15 is 0 Å². The van der Waals surface area contributed by atoms with E-state index in [9.17, 15) is 9.59 Å². The molecule has 1 saturated carbocycles. The second-order valence-corrected chi connectivity index (χ2v) is 5.12. The normalized spacial score (nSPS) is 14.4. The Bertz CT molecular complexity index is 658. The van der Waals surface area contributed by atoms with E-state index < -0.39 is 0 Å². The van der Waals surface area contributed by atoms with Gasteiger partial charge in [-0.25, -0.2) is 4.98 Å². The van der Waals surface area contributed by atoms with Crippen LogP contribution in [0.15, 0.2) is 24.5 Å². The van der Waals surface area contributed by atoms with E-state index in [1.54, 1.807) is 23.0 Å². The molecule has 0 N–H and O–H groups in total. The molecule has 104 valence electrons. The minimum Gasteiger partial charge on any atom is -0.338 e. The Morgan fingerprint density at radius 1 is 1.55 bits per heavy atom. The van der Waals surface area contributed by atoms with Gasteiger partial charge in [0, 0.05) is 35.9 Å². The highest BCUT2D eigenvalue weighted by Crippen LogP contribution is 2.27. The van der Waals surface area contributed by atoms with Crippen molar-refractivity contribution in [2.24, 2.45) is 0 Å². The molecule has 3 rings (SSSR count). The molecule has 1 amide bonds. The fraction of sp³-hybridized carbons (Fsp3) is 0.400. The van der Waals surface area contributed by atoms with E-state index in [1.807, 2.05) is 17.9 Å². The Kier molecular flexibility index (Phi) is 3.26. The third-order valence-corrected chi connectivity index (χ3v) is 3.75. The zero-order valence-electron chi connectivity index (χ0n) is 11.5. The topological polar surface area (TPSA) is 55.2 Å². The molecule has 2 aromatic rings. The van der Waals surface area contributed by atoms with Crippen LogP contribution >= 0.6 is 0 Å². The summed E-state index contributed by atoms with van der Waals surface area (Å²) >= 11 is 0. The standard InChI is InChI=1S/C15H17N3O2/c1-2-18(12-5-6-12)14(20)9-17-8-11(10-19)13-4-3-7-16-15(13)17/h3-4,7-8,10,12H,2,5-6,9H2,1H3. The molecule has 0 radical (unpaired) electrons. The zero-order chi connectivity index (χ0) is 14.1. The highest BCUT2D eigenvalue weighted by atomic mass is 16.2. The number of hydrogen-bond acceptors (Lipinski definition) is 3. The molecule has 2 aromatic heterocycles.